The van der Waals surface area contributed by atoms with Gasteiger partial charge < -0.3 is 25.6 Å². The van der Waals surface area contributed by atoms with Crippen LogP contribution in [0.25, 0.3) is 21.5 Å². The maximum absolute atomic E-state index is 14.2. The number of alkyl halides is 3. The number of nitrogens with one attached hydrogen (secondary N) is 1. The van der Waals surface area contributed by atoms with Gasteiger partial charge in [0.25, 0.3) is 5.91 Å². The van der Waals surface area contributed by atoms with E-state index in [1.165, 1.54) is 36.6 Å². The largest absolute Gasteiger partial charge is 0.494 e. The molecular formula is C28H24F4N4O4S. The lowest BCUT2D eigenvalue weighted by Crippen LogP contribution is -2.52. The van der Waals surface area contributed by atoms with E-state index in [4.69, 9.17) is 15.2 Å². The number of nitrogens with zero attached hydrogens (tertiary/aromatic N) is 2. The van der Waals surface area contributed by atoms with Gasteiger partial charge in [0.1, 0.15) is 35.0 Å². The smallest absolute Gasteiger partial charge is 0.414 e. The standard InChI is InChI=1S/C28H24F4N4O4S/c1-39-19-8-15(9-20-23(19)35-13-41-20)25(37)34-11-26(38,16-4-5-16)21-10-18-24(40-12-27(18,33)28(30,31)32)22(36-21)14-2-6-17(29)7-3-14/h2-3,6-10,13,16,38H,4-5,11-12,33H2,1H3,(H,34,37)/t26-,27+/m1/s1. The number of rotatable bonds is 7. The van der Waals surface area contributed by atoms with Crippen LogP contribution in [0.2, 0.25) is 0 Å². The molecule has 2 atom stereocenters. The van der Waals surface area contributed by atoms with Gasteiger partial charge in [-0.1, -0.05) is 0 Å². The molecule has 41 heavy (non-hydrogen) atoms. The second kappa shape index (κ2) is 9.64. The van der Waals surface area contributed by atoms with E-state index in [0.717, 1.165) is 22.9 Å². The van der Waals surface area contributed by atoms with Crippen LogP contribution >= 0.6 is 11.3 Å². The fraction of sp³-hybridized carbons (Fsp3) is 0.321. The zero-order valence-corrected chi connectivity index (χ0v) is 22.4. The highest BCUT2D eigenvalue weighted by Crippen LogP contribution is 2.52. The molecule has 2 aromatic heterocycles. The maximum Gasteiger partial charge on any atom is 0.414 e. The number of halogens is 4. The third kappa shape index (κ3) is 4.57. The summed E-state index contributed by atoms with van der Waals surface area (Å²) in [6, 6.07) is 9.28. The Hall–Kier alpha value is -3.81. The summed E-state index contributed by atoms with van der Waals surface area (Å²) in [6.45, 7) is -1.22. The van der Waals surface area contributed by atoms with Crippen molar-refractivity contribution in [3.63, 3.8) is 0 Å². The molecule has 0 unspecified atom stereocenters. The Balaban J connectivity index is 1.41. The Morgan fingerprint density at radius 3 is 2.63 bits per heavy atom. The number of aromatic nitrogens is 2. The molecule has 0 bridgehead atoms. The molecule has 4 aromatic rings. The quantitative estimate of drug-likeness (QED) is 0.269. The Morgan fingerprint density at radius 1 is 1.24 bits per heavy atom. The highest BCUT2D eigenvalue weighted by molar-refractivity contribution is 7.16. The molecule has 0 spiro atoms. The molecule has 4 N–H and O–H groups in total. The first-order valence-corrected chi connectivity index (χ1v) is 13.5. The number of hydrogen-bond acceptors (Lipinski definition) is 8. The minimum absolute atomic E-state index is 0.0140. The fourth-order valence-electron chi connectivity index (χ4n) is 5.08. The SMILES string of the molecule is COc1cc(C(=O)NC[C@](O)(c2cc3c(c(-c4ccc(F)cc4)n2)OC[C@@]3(N)C(F)(F)F)C2CC2)cc2scnc12. The number of thiazole rings is 1. The molecule has 2 aromatic carbocycles. The number of carbonyl (C=O) groups excluding carboxylic acids is 1. The van der Waals surface area contributed by atoms with Crippen molar-refractivity contribution < 1.29 is 36.9 Å². The lowest BCUT2D eigenvalue weighted by molar-refractivity contribution is -0.191. The van der Waals surface area contributed by atoms with Crippen LogP contribution in [0.3, 0.4) is 0 Å². The van der Waals surface area contributed by atoms with Crippen molar-refractivity contribution in [3.05, 3.63) is 70.6 Å². The van der Waals surface area contributed by atoms with Crippen LogP contribution in [0.5, 0.6) is 11.5 Å². The first-order valence-electron chi connectivity index (χ1n) is 12.7. The average Bonchev–Trinajstić information content (AvgIpc) is 3.60. The van der Waals surface area contributed by atoms with E-state index >= 15 is 0 Å². The second-order valence-electron chi connectivity index (χ2n) is 10.3. The van der Waals surface area contributed by atoms with Gasteiger partial charge in [-0.05, 0) is 61.2 Å². The molecule has 1 aliphatic heterocycles. The summed E-state index contributed by atoms with van der Waals surface area (Å²) in [6.07, 6.45) is -3.74. The molecule has 1 aliphatic carbocycles. The number of amides is 1. The van der Waals surface area contributed by atoms with Gasteiger partial charge >= 0.3 is 6.18 Å². The van der Waals surface area contributed by atoms with E-state index in [9.17, 15) is 27.5 Å². The van der Waals surface area contributed by atoms with Crippen LogP contribution in [0.4, 0.5) is 17.6 Å². The molecule has 3 heterocycles. The van der Waals surface area contributed by atoms with E-state index in [2.05, 4.69) is 15.3 Å². The monoisotopic (exact) mass is 588 g/mol. The molecule has 1 amide bonds. The van der Waals surface area contributed by atoms with E-state index in [0.29, 0.717) is 24.1 Å². The summed E-state index contributed by atoms with van der Waals surface area (Å²) in [5.74, 6) is -1.23. The van der Waals surface area contributed by atoms with Crippen molar-refractivity contribution in [2.75, 3.05) is 20.3 Å². The van der Waals surface area contributed by atoms with Gasteiger partial charge in [0.15, 0.2) is 11.3 Å². The predicted octanol–water partition coefficient (Wildman–Crippen LogP) is 4.64. The average molecular weight is 589 g/mol. The van der Waals surface area contributed by atoms with Crippen LogP contribution in [0.1, 0.15) is 34.5 Å². The number of pyridine rings is 1. The Labute approximate surface area is 235 Å². The normalized spacial score (nSPS) is 19.9. The highest BCUT2D eigenvalue weighted by atomic mass is 32.1. The fourth-order valence-corrected chi connectivity index (χ4v) is 5.81. The number of methoxy groups -OCH3 is 1. The predicted molar refractivity (Wildman–Crippen MR) is 142 cm³/mol. The third-order valence-corrected chi connectivity index (χ3v) is 8.40. The van der Waals surface area contributed by atoms with E-state index in [-0.39, 0.29) is 46.3 Å². The number of fused-ring (bicyclic) bond motifs is 2. The minimum Gasteiger partial charge on any atom is -0.494 e. The number of aliphatic hydroxyl groups is 1. The summed E-state index contributed by atoms with van der Waals surface area (Å²) in [5.41, 5.74) is 3.47. The number of nitrogens with two attached hydrogens (primary N) is 1. The van der Waals surface area contributed by atoms with Crippen LogP contribution < -0.4 is 20.5 Å². The topological polar surface area (TPSA) is 120 Å². The highest BCUT2D eigenvalue weighted by Gasteiger charge is 2.59. The third-order valence-electron chi connectivity index (χ3n) is 7.62. The van der Waals surface area contributed by atoms with Crippen molar-refractivity contribution in [3.8, 4) is 22.8 Å². The Kier molecular flexibility index (Phi) is 6.43. The Morgan fingerprint density at radius 2 is 1.98 bits per heavy atom. The summed E-state index contributed by atoms with van der Waals surface area (Å²) < 4.78 is 67.8. The zero-order valence-electron chi connectivity index (χ0n) is 21.6. The maximum atomic E-state index is 14.2. The van der Waals surface area contributed by atoms with E-state index in [1.54, 1.807) is 11.6 Å². The van der Waals surface area contributed by atoms with Gasteiger partial charge in [0.2, 0.25) is 0 Å². The summed E-state index contributed by atoms with van der Waals surface area (Å²) in [7, 11) is 1.46. The molecule has 214 valence electrons. The van der Waals surface area contributed by atoms with Crippen molar-refractivity contribution in [2.45, 2.75) is 30.2 Å². The van der Waals surface area contributed by atoms with Gasteiger partial charge in [-0.25, -0.2) is 14.4 Å². The number of benzene rings is 2. The summed E-state index contributed by atoms with van der Waals surface area (Å²) in [4.78, 5) is 22.0. The molecule has 0 saturated heterocycles. The van der Waals surface area contributed by atoms with Gasteiger partial charge in [0.05, 0.1) is 29.6 Å². The summed E-state index contributed by atoms with van der Waals surface area (Å²) in [5, 5.41) is 14.7. The van der Waals surface area contributed by atoms with Crippen molar-refractivity contribution in [1.82, 2.24) is 15.3 Å². The van der Waals surface area contributed by atoms with Crippen LogP contribution in [0.15, 0.2) is 48.0 Å². The van der Waals surface area contributed by atoms with Crippen LogP contribution in [-0.4, -0.2) is 47.4 Å². The number of hydrogen-bond donors (Lipinski definition) is 3. The van der Waals surface area contributed by atoms with Crippen LogP contribution in [-0.2, 0) is 11.1 Å². The van der Waals surface area contributed by atoms with Crippen LogP contribution in [0, 0.1) is 11.7 Å². The molecule has 1 fully saturated rings. The van der Waals surface area contributed by atoms with E-state index in [1.807, 2.05) is 0 Å². The zero-order chi connectivity index (χ0) is 29.2. The Bertz CT molecular complexity index is 1660. The number of ether oxygens (including phenoxy) is 2. The first kappa shape index (κ1) is 27.4. The van der Waals surface area contributed by atoms with Crippen molar-refractivity contribution >= 4 is 27.5 Å². The van der Waals surface area contributed by atoms with Gasteiger partial charge in [-0.15, -0.1) is 11.3 Å². The molecule has 0 radical (unpaired) electrons. The van der Waals surface area contributed by atoms with Gasteiger partial charge in [-0.3, -0.25) is 4.79 Å². The number of carbonyl (C=O) groups is 1. The first-order chi connectivity index (χ1) is 19.4. The molecular weight excluding hydrogens is 564 g/mol. The molecule has 13 heteroatoms. The molecule has 1 saturated carbocycles. The molecule has 8 nitrogen and oxygen atoms in total. The summed E-state index contributed by atoms with van der Waals surface area (Å²) >= 11 is 1.33. The van der Waals surface area contributed by atoms with Crippen molar-refractivity contribution in [1.29, 1.82) is 0 Å². The van der Waals surface area contributed by atoms with E-state index < -0.39 is 35.6 Å². The molecule has 6 rings (SSSR count). The van der Waals surface area contributed by atoms with Crippen molar-refractivity contribution in [2.24, 2.45) is 11.7 Å². The lowest BCUT2D eigenvalue weighted by atomic mass is 9.86. The lowest BCUT2D eigenvalue weighted by Gasteiger charge is -2.31. The van der Waals surface area contributed by atoms with Gasteiger partial charge in [0, 0.05) is 16.7 Å². The second-order valence-corrected chi connectivity index (χ2v) is 11.1. The van der Waals surface area contributed by atoms with Gasteiger partial charge in [-0.2, -0.15) is 13.2 Å². The minimum atomic E-state index is -4.88. The molecule has 2 aliphatic rings.